The van der Waals surface area contributed by atoms with Gasteiger partial charge in [0.15, 0.2) is 0 Å². The summed E-state index contributed by atoms with van der Waals surface area (Å²) in [5, 5.41) is 3.04. The van der Waals surface area contributed by atoms with Gasteiger partial charge >= 0.3 is 5.97 Å². The zero-order chi connectivity index (χ0) is 15.2. The van der Waals surface area contributed by atoms with Crippen molar-refractivity contribution in [2.24, 2.45) is 5.92 Å². The molecule has 5 nitrogen and oxygen atoms in total. The molecule has 0 bridgehead atoms. The minimum atomic E-state index is -0.135. The molecule has 21 heavy (non-hydrogen) atoms. The maximum absolute atomic E-state index is 12.1. The number of hydrogen-bond acceptors (Lipinski definition) is 4. The molecule has 0 saturated heterocycles. The molecule has 1 heterocycles. The van der Waals surface area contributed by atoms with Crippen molar-refractivity contribution in [2.75, 3.05) is 7.11 Å². The molecule has 1 N–H and O–H groups in total. The van der Waals surface area contributed by atoms with Gasteiger partial charge in [-0.05, 0) is 44.2 Å². The van der Waals surface area contributed by atoms with Gasteiger partial charge in [-0.15, -0.1) is 0 Å². The molecule has 1 aromatic rings. The number of esters is 1. The van der Waals surface area contributed by atoms with Crippen LogP contribution < -0.4 is 5.32 Å². The van der Waals surface area contributed by atoms with Crippen LogP contribution in [-0.2, 0) is 20.7 Å². The van der Waals surface area contributed by atoms with Gasteiger partial charge in [-0.25, -0.2) is 0 Å². The molecule has 1 amide bonds. The number of pyridine rings is 1. The number of aryl methyl sites for hydroxylation is 1. The van der Waals surface area contributed by atoms with E-state index in [4.69, 9.17) is 4.74 Å². The van der Waals surface area contributed by atoms with Crippen LogP contribution in [0.4, 0.5) is 0 Å². The quantitative estimate of drug-likeness (QED) is 0.858. The van der Waals surface area contributed by atoms with Gasteiger partial charge < -0.3 is 10.1 Å². The average molecular weight is 290 g/mol. The molecule has 1 aliphatic carbocycles. The van der Waals surface area contributed by atoms with E-state index in [0.29, 0.717) is 6.42 Å². The third kappa shape index (κ3) is 4.28. The van der Waals surface area contributed by atoms with E-state index in [1.54, 1.807) is 6.20 Å². The van der Waals surface area contributed by atoms with Gasteiger partial charge in [-0.3, -0.25) is 14.6 Å². The number of nitrogens with one attached hydrogen (secondary N) is 1. The van der Waals surface area contributed by atoms with Crippen molar-refractivity contribution in [3.8, 4) is 0 Å². The molecule has 2 rings (SSSR count). The first-order chi connectivity index (χ1) is 10.1. The SMILES string of the molecule is COC(=O)C1CCC(NC(=O)Cc2ncccc2C)CC1. The molecule has 0 atom stereocenters. The number of methoxy groups -OCH3 is 1. The van der Waals surface area contributed by atoms with E-state index in [1.165, 1.54) is 7.11 Å². The van der Waals surface area contributed by atoms with Gasteiger partial charge in [0.25, 0.3) is 0 Å². The Labute approximate surface area is 125 Å². The van der Waals surface area contributed by atoms with E-state index < -0.39 is 0 Å². The van der Waals surface area contributed by atoms with Gasteiger partial charge in [0.1, 0.15) is 0 Å². The summed E-state index contributed by atoms with van der Waals surface area (Å²) in [6.07, 6.45) is 5.22. The fraction of sp³-hybridized carbons (Fsp3) is 0.562. The molecule has 0 spiro atoms. The summed E-state index contributed by atoms with van der Waals surface area (Å²) in [5.41, 5.74) is 1.85. The second-order valence-electron chi connectivity index (χ2n) is 5.58. The number of ether oxygens (including phenoxy) is 1. The highest BCUT2D eigenvalue weighted by Crippen LogP contribution is 2.25. The van der Waals surface area contributed by atoms with E-state index >= 15 is 0 Å². The molecule has 1 aliphatic rings. The van der Waals surface area contributed by atoms with E-state index in [9.17, 15) is 9.59 Å². The monoisotopic (exact) mass is 290 g/mol. The first kappa shape index (κ1) is 15.5. The van der Waals surface area contributed by atoms with Crippen LogP contribution in [0, 0.1) is 12.8 Å². The van der Waals surface area contributed by atoms with Crippen molar-refractivity contribution in [1.82, 2.24) is 10.3 Å². The number of nitrogens with zero attached hydrogens (tertiary/aromatic N) is 1. The van der Waals surface area contributed by atoms with Crippen molar-refractivity contribution in [3.05, 3.63) is 29.6 Å². The third-order valence-electron chi connectivity index (χ3n) is 4.07. The standard InChI is InChI=1S/C16H22N2O3/c1-11-4-3-9-17-14(11)10-15(19)18-13-7-5-12(6-8-13)16(20)21-2/h3-4,9,12-13H,5-8,10H2,1-2H3,(H,18,19). The average Bonchev–Trinajstić information content (AvgIpc) is 2.49. The zero-order valence-electron chi connectivity index (χ0n) is 12.6. The van der Waals surface area contributed by atoms with Crippen LogP contribution in [0.3, 0.4) is 0 Å². The van der Waals surface area contributed by atoms with E-state index in [0.717, 1.165) is 36.9 Å². The van der Waals surface area contributed by atoms with Crippen LogP contribution in [0.5, 0.6) is 0 Å². The number of rotatable bonds is 4. The first-order valence-corrected chi connectivity index (χ1v) is 7.38. The minimum Gasteiger partial charge on any atom is -0.469 e. The number of amides is 1. The molecule has 114 valence electrons. The molecule has 0 aliphatic heterocycles. The molecular weight excluding hydrogens is 268 g/mol. The number of carbonyl (C=O) groups excluding carboxylic acids is 2. The lowest BCUT2D eigenvalue weighted by Crippen LogP contribution is -2.39. The highest BCUT2D eigenvalue weighted by molar-refractivity contribution is 5.78. The summed E-state index contributed by atoms with van der Waals surface area (Å²) >= 11 is 0. The Morgan fingerprint density at radius 3 is 2.67 bits per heavy atom. The molecule has 0 aromatic carbocycles. The zero-order valence-corrected chi connectivity index (χ0v) is 12.6. The van der Waals surface area contributed by atoms with Gasteiger partial charge in [-0.1, -0.05) is 6.07 Å². The van der Waals surface area contributed by atoms with Crippen molar-refractivity contribution < 1.29 is 14.3 Å². The van der Waals surface area contributed by atoms with Crippen molar-refractivity contribution in [2.45, 2.75) is 45.1 Å². The van der Waals surface area contributed by atoms with Crippen LogP contribution in [0.2, 0.25) is 0 Å². The summed E-state index contributed by atoms with van der Waals surface area (Å²) < 4.78 is 4.76. The molecule has 5 heteroatoms. The Kier molecular flexibility index (Phi) is 5.31. The minimum absolute atomic E-state index is 0.00156. The first-order valence-electron chi connectivity index (χ1n) is 7.38. The Morgan fingerprint density at radius 2 is 2.05 bits per heavy atom. The summed E-state index contributed by atoms with van der Waals surface area (Å²) in [6, 6.07) is 3.98. The Morgan fingerprint density at radius 1 is 1.33 bits per heavy atom. The Balaban J connectivity index is 1.80. The molecule has 1 fully saturated rings. The number of carbonyl (C=O) groups is 2. The second kappa shape index (κ2) is 7.20. The molecule has 1 aromatic heterocycles. The van der Waals surface area contributed by atoms with Crippen molar-refractivity contribution in [3.63, 3.8) is 0 Å². The molecule has 0 unspecified atom stereocenters. The van der Waals surface area contributed by atoms with Gasteiger partial charge in [0.2, 0.25) is 5.91 Å². The lowest BCUT2D eigenvalue weighted by atomic mass is 9.86. The largest absolute Gasteiger partial charge is 0.469 e. The lowest BCUT2D eigenvalue weighted by molar-refractivity contribution is -0.146. The van der Waals surface area contributed by atoms with Crippen LogP contribution in [0.15, 0.2) is 18.3 Å². The summed E-state index contributed by atoms with van der Waals surface area (Å²) in [7, 11) is 1.42. The van der Waals surface area contributed by atoms with E-state index in [-0.39, 0.29) is 23.8 Å². The maximum Gasteiger partial charge on any atom is 0.308 e. The lowest BCUT2D eigenvalue weighted by Gasteiger charge is -2.27. The van der Waals surface area contributed by atoms with Crippen LogP contribution >= 0.6 is 0 Å². The van der Waals surface area contributed by atoms with E-state index in [1.807, 2.05) is 19.1 Å². The third-order valence-corrected chi connectivity index (χ3v) is 4.07. The predicted molar refractivity (Wildman–Crippen MR) is 78.6 cm³/mol. The van der Waals surface area contributed by atoms with Gasteiger partial charge in [0.05, 0.1) is 25.1 Å². The Bertz CT molecular complexity index is 508. The van der Waals surface area contributed by atoms with Crippen LogP contribution in [0.1, 0.15) is 36.9 Å². The van der Waals surface area contributed by atoms with Gasteiger partial charge in [-0.2, -0.15) is 0 Å². The maximum atomic E-state index is 12.1. The second-order valence-corrected chi connectivity index (χ2v) is 5.58. The summed E-state index contributed by atoms with van der Waals surface area (Å²) in [4.78, 5) is 27.8. The number of hydrogen-bond donors (Lipinski definition) is 1. The highest BCUT2D eigenvalue weighted by atomic mass is 16.5. The summed E-state index contributed by atoms with van der Waals surface area (Å²) in [6.45, 7) is 1.96. The van der Waals surface area contributed by atoms with Gasteiger partial charge in [0, 0.05) is 12.2 Å². The van der Waals surface area contributed by atoms with Crippen molar-refractivity contribution in [1.29, 1.82) is 0 Å². The summed E-state index contributed by atoms with van der Waals surface area (Å²) in [5.74, 6) is -0.150. The topological polar surface area (TPSA) is 68.3 Å². The van der Waals surface area contributed by atoms with E-state index in [2.05, 4.69) is 10.3 Å². The molecule has 1 saturated carbocycles. The van der Waals surface area contributed by atoms with Crippen LogP contribution in [-0.4, -0.2) is 30.0 Å². The normalized spacial score (nSPS) is 21.6. The van der Waals surface area contributed by atoms with Crippen LogP contribution in [0.25, 0.3) is 0 Å². The number of aromatic nitrogens is 1. The molecule has 0 radical (unpaired) electrons. The Hall–Kier alpha value is -1.91. The fourth-order valence-electron chi connectivity index (χ4n) is 2.77. The highest BCUT2D eigenvalue weighted by Gasteiger charge is 2.27. The fourth-order valence-corrected chi connectivity index (χ4v) is 2.77. The smallest absolute Gasteiger partial charge is 0.308 e. The molecular formula is C16H22N2O3. The van der Waals surface area contributed by atoms with Crippen molar-refractivity contribution >= 4 is 11.9 Å². The predicted octanol–water partition coefficient (Wildman–Crippen LogP) is 1.78.